The summed E-state index contributed by atoms with van der Waals surface area (Å²) in [6, 6.07) is -2.28. The van der Waals surface area contributed by atoms with Gasteiger partial charge in [-0.1, -0.05) is 0 Å². The van der Waals surface area contributed by atoms with Crippen LogP contribution < -0.4 is 5.73 Å². The minimum Gasteiger partial charge on any atom is -0.480 e. The fourth-order valence-corrected chi connectivity index (χ4v) is 2.09. The minimum absolute atomic E-state index is 0.000931. The molecule has 0 bridgehead atoms. The monoisotopic (exact) mass is 302 g/mol. The normalized spacial score (nSPS) is 22.5. The van der Waals surface area contributed by atoms with Gasteiger partial charge >= 0.3 is 17.9 Å². The lowest BCUT2D eigenvalue weighted by molar-refractivity contribution is -0.151. The minimum atomic E-state index is -1.21. The molecule has 0 radical (unpaired) electrons. The fraction of sp³-hybridized carbons (Fsp3) is 0.667. The summed E-state index contributed by atoms with van der Waals surface area (Å²) in [5.41, 5.74) is 5.59. The first-order chi connectivity index (χ1) is 9.72. The molecule has 1 saturated heterocycles. The van der Waals surface area contributed by atoms with E-state index in [4.69, 9.17) is 15.6 Å². The number of nitrogens with two attached hydrogens (primary N) is 1. The molecule has 1 heterocycles. The van der Waals surface area contributed by atoms with Crippen molar-refractivity contribution in [1.29, 1.82) is 0 Å². The molecule has 0 saturated carbocycles. The van der Waals surface area contributed by atoms with Gasteiger partial charge in [-0.2, -0.15) is 0 Å². The molecular weight excluding hydrogens is 284 g/mol. The molecule has 3 atom stereocenters. The lowest BCUT2D eigenvalue weighted by Crippen LogP contribution is -2.50. The molecule has 21 heavy (non-hydrogen) atoms. The smallest absolute Gasteiger partial charge is 0.326 e. The largest absolute Gasteiger partial charge is 0.480 e. The Bertz CT molecular complexity index is 451. The highest BCUT2D eigenvalue weighted by Gasteiger charge is 2.42. The summed E-state index contributed by atoms with van der Waals surface area (Å²) in [6.45, 7) is 1.98. The number of hydrogen-bond donors (Lipinski definition) is 2. The van der Waals surface area contributed by atoms with Gasteiger partial charge in [0.2, 0.25) is 5.91 Å². The predicted molar refractivity (Wildman–Crippen MR) is 67.9 cm³/mol. The first kappa shape index (κ1) is 16.9. The summed E-state index contributed by atoms with van der Waals surface area (Å²) >= 11 is 0. The van der Waals surface area contributed by atoms with Gasteiger partial charge in [-0.15, -0.1) is 0 Å². The Balaban J connectivity index is 2.72. The third kappa shape index (κ3) is 4.71. The number of nitrogens with zero attached hydrogens (tertiary/aromatic N) is 1. The van der Waals surface area contributed by atoms with Crippen LogP contribution in [0.1, 0.15) is 20.3 Å². The van der Waals surface area contributed by atoms with Crippen molar-refractivity contribution < 1.29 is 33.8 Å². The molecule has 9 nitrogen and oxygen atoms in total. The number of carbonyl (C=O) groups excluding carboxylic acids is 3. The zero-order chi connectivity index (χ0) is 16.2. The van der Waals surface area contributed by atoms with E-state index in [0.29, 0.717) is 0 Å². The van der Waals surface area contributed by atoms with Crippen LogP contribution in [0.3, 0.4) is 0 Å². The predicted octanol–water partition coefficient (Wildman–Crippen LogP) is -1.51. The average molecular weight is 302 g/mol. The van der Waals surface area contributed by atoms with E-state index >= 15 is 0 Å². The van der Waals surface area contributed by atoms with E-state index in [1.807, 2.05) is 0 Å². The van der Waals surface area contributed by atoms with Crippen LogP contribution >= 0.6 is 0 Å². The van der Waals surface area contributed by atoms with Crippen LogP contribution in [0.15, 0.2) is 0 Å². The van der Waals surface area contributed by atoms with Crippen LogP contribution in [-0.2, 0) is 28.7 Å². The maximum absolute atomic E-state index is 12.1. The Morgan fingerprint density at radius 1 is 1.29 bits per heavy atom. The summed E-state index contributed by atoms with van der Waals surface area (Å²) in [7, 11) is 0. The molecule has 0 aromatic carbocycles. The standard InChI is InChI=1S/C12H18N2O7/c1-6(15)20-5-9(13)11(17)14-4-8(21-7(2)16)3-10(14)12(18)19/h8-10H,3-5,13H2,1-2H3,(H,18,19)/t8-,9+,10+/m1/s1. The van der Waals surface area contributed by atoms with Crippen molar-refractivity contribution in [2.45, 2.75) is 38.5 Å². The van der Waals surface area contributed by atoms with Crippen molar-refractivity contribution >= 4 is 23.8 Å². The number of ether oxygens (including phenoxy) is 2. The van der Waals surface area contributed by atoms with Gasteiger partial charge in [-0.3, -0.25) is 14.4 Å². The Morgan fingerprint density at radius 3 is 2.38 bits per heavy atom. The molecule has 9 heteroatoms. The Kier molecular flexibility index (Phi) is 5.65. The van der Waals surface area contributed by atoms with Crippen molar-refractivity contribution in [2.24, 2.45) is 5.73 Å². The molecule has 0 aliphatic carbocycles. The van der Waals surface area contributed by atoms with Crippen LogP contribution in [0.4, 0.5) is 0 Å². The summed E-state index contributed by atoms with van der Waals surface area (Å²) in [6.07, 6.45) is -0.686. The molecule has 1 aliphatic heterocycles. The second-order valence-corrected chi connectivity index (χ2v) is 4.72. The maximum Gasteiger partial charge on any atom is 0.326 e. The molecule has 0 aromatic rings. The lowest BCUT2D eigenvalue weighted by atomic mass is 10.2. The molecule has 3 N–H and O–H groups in total. The number of esters is 2. The fourth-order valence-electron chi connectivity index (χ4n) is 2.09. The summed E-state index contributed by atoms with van der Waals surface area (Å²) in [5.74, 6) is -3.02. The highest BCUT2D eigenvalue weighted by molar-refractivity contribution is 5.88. The topological polar surface area (TPSA) is 136 Å². The van der Waals surface area contributed by atoms with Crippen molar-refractivity contribution in [3.8, 4) is 0 Å². The molecule has 118 valence electrons. The van der Waals surface area contributed by atoms with E-state index in [1.165, 1.54) is 13.8 Å². The molecule has 1 fully saturated rings. The Hall–Kier alpha value is -2.16. The highest BCUT2D eigenvalue weighted by Crippen LogP contribution is 2.21. The van der Waals surface area contributed by atoms with E-state index in [9.17, 15) is 19.2 Å². The third-order valence-corrected chi connectivity index (χ3v) is 2.95. The number of carboxylic acids is 1. The van der Waals surface area contributed by atoms with Gasteiger partial charge < -0.3 is 25.2 Å². The van der Waals surface area contributed by atoms with Crippen LogP contribution in [0.2, 0.25) is 0 Å². The molecule has 0 spiro atoms. The van der Waals surface area contributed by atoms with E-state index in [-0.39, 0.29) is 19.6 Å². The molecule has 1 aliphatic rings. The van der Waals surface area contributed by atoms with E-state index in [2.05, 4.69) is 4.74 Å². The number of likely N-dealkylation sites (tertiary alicyclic amines) is 1. The Labute approximate surface area is 121 Å². The zero-order valence-electron chi connectivity index (χ0n) is 11.8. The lowest BCUT2D eigenvalue weighted by Gasteiger charge is -2.24. The van der Waals surface area contributed by atoms with Gasteiger partial charge in [0.1, 0.15) is 24.8 Å². The third-order valence-electron chi connectivity index (χ3n) is 2.95. The quantitative estimate of drug-likeness (QED) is 0.585. The number of rotatable bonds is 5. The van der Waals surface area contributed by atoms with Crippen molar-refractivity contribution in [3.63, 3.8) is 0 Å². The van der Waals surface area contributed by atoms with Gasteiger partial charge in [0.15, 0.2) is 0 Å². The summed E-state index contributed by atoms with van der Waals surface area (Å²) in [5, 5.41) is 9.12. The van der Waals surface area contributed by atoms with E-state index < -0.39 is 42.0 Å². The molecule has 0 aromatic heterocycles. The van der Waals surface area contributed by atoms with Gasteiger partial charge in [-0.25, -0.2) is 4.79 Å². The Morgan fingerprint density at radius 2 is 1.90 bits per heavy atom. The van der Waals surface area contributed by atoms with Crippen molar-refractivity contribution in [1.82, 2.24) is 4.90 Å². The highest BCUT2D eigenvalue weighted by atomic mass is 16.5. The van der Waals surface area contributed by atoms with Gasteiger partial charge in [-0.05, 0) is 0 Å². The van der Waals surface area contributed by atoms with Crippen LogP contribution in [-0.4, -0.2) is 65.2 Å². The first-order valence-electron chi connectivity index (χ1n) is 6.31. The second kappa shape index (κ2) is 7.02. The van der Waals surface area contributed by atoms with E-state index in [1.54, 1.807) is 0 Å². The molecular formula is C12H18N2O7. The average Bonchev–Trinajstić information content (AvgIpc) is 2.78. The van der Waals surface area contributed by atoms with Crippen LogP contribution in [0.5, 0.6) is 0 Å². The second-order valence-electron chi connectivity index (χ2n) is 4.72. The van der Waals surface area contributed by atoms with Gasteiger partial charge in [0.25, 0.3) is 0 Å². The van der Waals surface area contributed by atoms with Crippen LogP contribution in [0, 0.1) is 0 Å². The molecule has 1 rings (SSSR count). The zero-order valence-corrected chi connectivity index (χ0v) is 11.8. The number of carbonyl (C=O) groups is 4. The molecule has 0 unspecified atom stereocenters. The van der Waals surface area contributed by atoms with Gasteiger partial charge in [0.05, 0.1) is 6.54 Å². The SMILES string of the molecule is CC(=O)OC[C@H](N)C(=O)N1C[C@H](OC(C)=O)C[C@H]1C(=O)O. The molecule has 1 amide bonds. The summed E-state index contributed by atoms with van der Waals surface area (Å²) < 4.78 is 9.55. The van der Waals surface area contributed by atoms with Crippen molar-refractivity contribution in [2.75, 3.05) is 13.2 Å². The number of carboxylic acid groups (broad SMARTS) is 1. The number of amides is 1. The van der Waals surface area contributed by atoms with Crippen molar-refractivity contribution in [3.05, 3.63) is 0 Å². The van der Waals surface area contributed by atoms with Crippen LogP contribution in [0.25, 0.3) is 0 Å². The maximum atomic E-state index is 12.1. The number of aliphatic carboxylic acids is 1. The number of hydrogen-bond acceptors (Lipinski definition) is 7. The van der Waals surface area contributed by atoms with E-state index in [0.717, 1.165) is 4.90 Å². The summed E-state index contributed by atoms with van der Waals surface area (Å²) in [4.78, 5) is 45.9. The first-order valence-corrected chi connectivity index (χ1v) is 6.31. The van der Waals surface area contributed by atoms with Gasteiger partial charge in [0, 0.05) is 20.3 Å².